The number of aromatic nitrogens is 2. The van der Waals surface area contributed by atoms with E-state index in [0.717, 1.165) is 0 Å². The number of hydrogen-bond acceptors (Lipinski definition) is 6. The number of rotatable bonds is 12. The molecule has 1 aliphatic carbocycles. The Labute approximate surface area is 182 Å². The molecule has 1 aromatic heterocycles. The Morgan fingerprint density at radius 3 is 2.68 bits per heavy atom. The summed E-state index contributed by atoms with van der Waals surface area (Å²) in [5, 5.41) is 0. The highest BCUT2D eigenvalue weighted by Crippen LogP contribution is 2.30. The predicted molar refractivity (Wildman–Crippen MR) is 117 cm³/mol. The van der Waals surface area contributed by atoms with E-state index in [-0.39, 0.29) is 17.3 Å². The Bertz CT molecular complexity index is 1100. The van der Waals surface area contributed by atoms with Crippen LogP contribution in [0.1, 0.15) is 33.1 Å². The zero-order valence-electron chi connectivity index (χ0n) is 18.0. The summed E-state index contributed by atoms with van der Waals surface area (Å²) in [4.78, 5) is 25.2. The topological polar surface area (TPSA) is 107 Å². The largest absolute Gasteiger partial charge is 0.493 e. The molecule has 0 spiro atoms. The van der Waals surface area contributed by atoms with Crippen LogP contribution < -0.4 is 16.0 Å². The summed E-state index contributed by atoms with van der Waals surface area (Å²) >= 11 is 0. The van der Waals surface area contributed by atoms with E-state index in [2.05, 4.69) is 4.98 Å². The van der Waals surface area contributed by atoms with Crippen molar-refractivity contribution >= 4 is 9.84 Å². The number of hydrogen-bond donors (Lipinski definition) is 1. The number of aryl methyl sites for hydroxylation is 1. The number of sulfone groups is 1. The standard InChI is InChI=1S/C22H30N2O6S/c1-22(2,15-29-12-4-10-24-11-9-20(25)23-21(24)26)16-31(27,28)19-6-3-5-18(13-19)30-14-17-7-8-17/h3,5-6,9,11,13,17H,4,7-8,10,12,14-16H2,1-2H3,(H,23,25,26). The average molecular weight is 451 g/mol. The Morgan fingerprint density at radius 2 is 1.97 bits per heavy atom. The van der Waals surface area contributed by atoms with Crippen molar-refractivity contribution in [3.63, 3.8) is 0 Å². The lowest BCUT2D eigenvalue weighted by molar-refractivity contribution is 0.0690. The molecule has 1 fully saturated rings. The van der Waals surface area contributed by atoms with Crippen LogP contribution in [0.25, 0.3) is 0 Å². The molecule has 0 radical (unpaired) electrons. The van der Waals surface area contributed by atoms with Gasteiger partial charge in [0, 0.05) is 30.8 Å². The summed E-state index contributed by atoms with van der Waals surface area (Å²) in [5.41, 5.74) is -1.47. The third-order valence-corrected chi connectivity index (χ3v) is 7.14. The van der Waals surface area contributed by atoms with Crippen LogP contribution in [0.15, 0.2) is 51.0 Å². The summed E-state index contributed by atoms with van der Waals surface area (Å²) in [6.07, 6.45) is 4.36. The lowest BCUT2D eigenvalue weighted by atomic mass is 9.98. The van der Waals surface area contributed by atoms with E-state index < -0.39 is 26.5 Å². The highest BCUT2D eigenvalue weighted by molar-refractivity contribution is 7.91. The number of ether oxygens (including phenoxy) is 2. The minimum absolute atomic E-state index is 0.0501. The summed E-state index contributed by atoms with van der Waals surface area (Å²) in [6, 6.07) is 7.97. The first-order valence-electron chi connectivity index (χ1n) is 10.5. The van der Waals surface area contributed by atoms with Gasteiger partial charge in [-0.15, -0.1) is 0 Å². The van der Waals surface area contributed by atoms with E-state index in [0.29, 0.717) is 37.8 Å². The molecule has 0 unspecified atom stereocenters. The first-order chi connectivity index (χ1) is 14.6. The number of aromatic amines is 1. The van der Waals surface area contributed by atoms with E-state index in [1.807, 2.05) is 13.8 Å². The normalized spacial score (nSPS) is 14.5. The molecule has 8 nitrogen and oxygen atoms in total. The van der Waals surface area contributed by atoms with Gasteiger partial charge in [-0.05, 0) is 43.4 Å². The Hall–Kier alpha value is -2.39. The molecule has 1 aromatic carbocycles. The summed E-state index contributed by atoms with van der Waals surface area (Å²) in [7, 11) is -3.50. The second-order valence-electron chi connectivity index (χ2n) is 8.86. The van der Waals surface area contributed by atoms with E-state index in [1.165, 1.54) is 29.7 Å². The quantitative estimate of drug-likeness (QED) is 0.497. The predicted octanol–water partition coefficient (Wildman–Crippen LogP) is 2.23. The van der Waals surface area contributed by atoms with Crippen molar-refractivity contribution in [1.29, 1.82) is 0 Å². The molecular formula is C22H30N2O6S. The van der Waals surface area contributed by atoms with Crippen LogP contribution >= 0.6 is 0 Å². The molecule has 170 valence electrons. The summed E-state index contributed by atoms with van der Waals surface area (Å²) in [5.74, 6) is 1.13. The molecule has 0 amide bonds. The summed E-state index contributed by atoms with van der Waals surface area (Å²) < 4.78 is 38.6. The number of nitrogens with one attached hydrogen (secondary N) is 1. The van der Waals surface area contributed by atoms with Crippen molar-refractivity contribution in [2.75, 3.05) is 25.6 Å². The zero-order chi connectivity index (χ0) is 22.5. The molecular weight excluding hydrogens is 420 g/mol. The van der Waals surface area contributed by atoms with Gasteiger partial charge in [0.25, 0.3) is 5.56 Å². The number of nitrogens with zero attached hydrogens (tertiary/aromatic N) is 1. The second kappa shape index (κ2) is 9.82. The lowest BCUT2D eigenvalue weighted by Gasteiger charge is -2.24. The maximum absolute atomic E-state index is 12.9. The van der Waals surface area contributed by atoms with Crippen LogP contribution in [0.4, 0.5) is 0 Å². The van der Waals surface area contributed by atoms with Crippen molar-refractivity contribution in [2.45, 2.75) is 44.6 Å². The molecule has 1 N–H and O–H groups in total. The first-order valence-corrected chi connectivity index (χ1v) is 12.1. The molecule has 31 heavy (non-hydrogen) atoms. The van der Waals surface area contributed by atoms with Crippen LogP contribution in [0.3, 0.4) is 0 Å². The van der Waals surface area contributed by atoms with Crippen molar-refractivity contribution < 1.29 is 17.9 Å². The fourth-order valence-electron chi connectivity index (χ4n) is 3.20. The Kier molecular flexibility index (Phi) is 7.38. The van der Waals surface area contributed by atoms with Crippen LogP contribution in [0.2, 0.25) is 0 Å². The SMILES string of the molecule is CC(C)(COCCCn1ccc(=O)[nH]c1=O)CS(=O)(=O)c1cccc(OCC2CC2)c1. The molecule has 1 saturated carbocycles. The Balaban J connectivity index is 1.47. The number of H-pyrrole nitrogens is 1. The van der Waals surface area contributed by atoms with E-state index in [9.17, 15) is 18.0 Å². The molecule has 3 rings (SSSR count). The van der Waals surface area contributed by atoms with Crippen molar-refractivity contribution in [3.8, 4) is 5.75 Å². The van der Waals surface area contributed by atoms with Gasteiger partial charge >= 0.3 is 5.69 Å². The average Bonchev–Trinajstić information content (AvgIpc) is 3.51. The molecule has 0 saturated heterocycles. The monoisotopic (exact) mass is 450 g/mol. The Morgan fingerprint density at radius 1 is 1.19 bits per heavy atom. The van der Waals surface area contributed by atoms with Crippen LogP contribution in [-0.2, 0) is 21.1 Å². The number of benzene rings is 1. The highest BCUT2D eigenvalue weighted by atomic mass is 32.2. The van der Waals surface area contributed by atoms with Crippen LogP contribution in [-0.4, -0.2) is 43.5 Å². The van der Waals surface area contributed by atoms with Gasteiger partial charge in [0.1, 0.15) is 5.75 Å². The first kappa shape index (κ1) is 23.3. The van der Waals surface area contributed by atoms with Gasteiger partial charge < -0.3 is 14.0 Å². The van der Waals surface area contributed by atoms with Crippen molar-refractivity contribution in [1.82, 2.24) is 9.55 Å². The molecule has 9 heteroatoms. The maximum atomic E-state index is 12.9. The van der Waals surface area contributed by atoms with Crippen molar-refractivity contribution in [2.24, 2.45) is 11.3 Å². The van der Waals surface area contributed by atoms with Gasteiger partial charge in [-0.2, -0.15) is 0 Å². The molecule has 0 aliphatic heterocycles. The van der Waals surface area contributed by atoms with Gasteiger partial charge in [0.15, 0.2) is 9.84 Å². The van der Waals surface area contributed by atoms with E-state index in [1.54, 1.807) is 24.3 Å². The molecule has 2 aromatic rings. The van der Waals surface area contributed by atoms with Gasteiger partial charge in [-0.3, -0.25) is 9.78 Å². The smallest absolute Gasteiger partial charge is 0.328 e. The zero-order valence-corrected chi connectivity index (χ0v) is 18.8. The molecule has 1 heterocycles. The fraction of sp³-hybridized carbons (Fsp3) is 0.545. The minimum atomic E-state index is -3.50. The third-order valence-electron chi connectivity index (χ3n) is 5.01. The maximum Gasteiger partial charge on any atom is 0.328 e. The van der Waals surface area contributed by atoms with Crippen LogP contribution in [0.5, 0.6) is 5.75 Å². The summed E-state index contributed by atoms with van der Waals surface area (Å²) in [6.45, 7) is 5.38. The fourth-order valence-corrected chi connectivity index (χ4v) is 5.06. The van der Waals surface area contributed by atoms with E-state index in [4.69, 9.17) is 9.47 Å². The van der Waals surface area contributed by atoms with E-state index >= 15 is 0 Å². The lowest BCUT2D eigenvalue weighted by Crippen LogP contribution is -2.30. The van der Waals surface area contributed by atoms with Gasteiger partial charge in [0.05, 0.1) is 23.9 Å². The highest BCUT2D eigenvalue weighted by Gasteiger charge is 2.28. The van der Waals surface area contributed by atoms with Crippen LogP contribution in [0, 0.1) is 11.3 Å². The molecule has 0 bridgehead atoms. The second-order valence-corrected chi connectivity index (χ2v) is 10.9. The minimum Gasteiger partial charge on any atom is -0.493 e. The van der Waals surface area contributed by atoms with Crippen molar-refractivity contribution in [3.05, 3.63) is 57.4 Å². The molecule has 1 aliphatic rings. The molecule has 0 atom stereocenters. The van der Waals surface area contributed by atoms with Gasteiger partial charge in [-0.1, -0.05) is 19.9 Å². The van der Waals surface area contributed by atoms with Gasteiger partial charge in [-0.25, -0.2) is 13.2 Å². The third kappa shape index (κ3) is 7.36. The van der Waals surface area contributed by atoms with Gasteiger partial charge in [0.2, 0.25) is 0 Å².